The summed E-state index contributed by atoms with van der Waals surface area (Å²) in [6.07, 6.45) is 5.44. The molecule has 1 aromatic carbocycles. The lowest BCUT2D eigenvalue weighted by molar-refractivity contribution is -0.140. The van der Waals surface area contributed by atoms with Crippen molar-refractivity contribution in [3.05, 3.63) is 29.8 Å². The van der Waals surface area contributed by atoms with Gasteiger partial charge in [-0.15, -0.1) is 24.0 Å². The summed E-state index contributed by atoms with van der Waals surface area (Å²) in [7, 11) is 4.89. The molecule has 0 heterocycles. The van der Waals surface area contributed by atoms with Crippen molar-refractivity contribution >= 4 is 35.9 Å². The molecule has 0 bridgehead atoms. The van der Waals surface area contributed by atoms with Crippen molar-refractivity contribution in [1.29, 1.82) is 0 Å². The Hall–Kier alpha value is -1.51. The van der Waals surface area contributed by atoms with E-state index in [-0.39, 0.29) is 29.9 Å². The summed E-state index contributed by atoms with van der Waals surface area (Å²) in [5.74, 6) is 1.60. The Bertz CT molecular complexity index is 539. The highest BCUT2D eigenvalue weighted by molar-refractivity contribution is 14.0. The predicted molar refractivity (Wildman–Crippen MR) is 117 cm³/mol. The molecule has 0 atom stereocenters. The summed E-state index contributed by atoms with van der Waals surface area (Å²) in [6.45, 7) is 1.66. The number of benzene rings is 1. The van der Waals surface area contributed by atoms with Gasteiger partial charge in [-0.2, -0.15) is 0 Å². The van der Waals surface area contributed by atoms with Gasteiger partial charge in [0.15, 0.2) is 5.96 Å². The number of nitrogens with zero attached hydrogens (tertiary/aromatic N) is 1. The first-order valence-electron chi connectivity index (χ1n) is 8.84. The average Bonchev–Trinajstić information content (AvgIpc) is 2.65. The van der Waals surface area contributed by atoms with Crippen LogP contribution >= 0.6 is 24.0 Å². The quantitative estimate of drug-likeness (QED) is 0.169. The van der Waals surface area contributed by atoms with E-state index in [9.17, 15) is 4.79 Å². The van der Waals surface area contributed by atoms with Gasteiger partial charge in [0.2, 0.25) is 0 Å². The van der Waals surface area contributed by atoms with Crippen LogP contribution in [0.3, 0.4) is 0 Å². The van der Waals surface area contributed by atoms with Gasteiger partial charge in [0.1, 0.15) is 5.75 Å². The predicted octanol–water partition coefficient (Wildman–Crippen LogP) is 3.14. The molecule has 0 aliphatic rings. The molecule has 0 amide bonds. The summed E-state index contributed by atoms with van der Waals surface area (Å²) in [5, 5.41) is 6.63. The molecule has 1 rings (SSSR count). The number of hydrogen-bond acceptors (Lipinski definition) is 4. The van der Waals surface area contributed by atoms with E-state index in [1.54, 1.807) is 14.2 Å². The van der Waals surface area contributed by atoms with E-state index in [1.165, 1.54) is 12.7 Å². The maximum absolute atomic E-state index is 11.0. The molecular weight excluding hydrogens is 445 g/mol. The fourth-order valence-electron chi connectivity index (χ4n) is 2.50. The standard InChI is InChI=1S/C19H31N3O3.HI/c1-20-19(21-14-9-5-4-6-12-18(23)25-3)22-15-13-16-10-7-8-11-17(16)24-2;/h7-8,10-11H,4-6,9,12-15H2,1-3H3,(H2,20,21,22);1H. The topological polar surface area (TPSA) is 72.0 Å². The highest BCUT2D eigenvalue weighted by Gasteiger charge is 2.03. The molecule has 0 saturated carbocycles. The van der Waals surface area contributed by atoms with E-state index in [4.69, 9.17) is 4.74 Å². The molecular formula is C19H32IN3O3. The number of para-hydroxylation sites is 1. The van der Waals surface area contributed by atoms with Crippen LogP contribution in [0.5, 0.6) is 5.75 Å². The van der Waals surface area contributed by atoms with Crippen LogP contribution in [0.2, 0.25) is 0 Å². The molecule has 26 heavy (non-hydrogen) atoms. The van der Waals surface area contributed by atoms with Gasteiger partial charge in [0.05, 0.1) is 14.2 Å². The number of unbranched alkanes of at least 4 members (excludes halogenated alkanes) is 3. The Kier molecular flexibility index (Phi) is 14.8. The summed E-state index contributed by atoms with van der Waals surface area (Å²) in [6, 6.07) is 8.04. The lowest BCUT2D eigenvalue weighted by Crippen LogP contribution is -2.38. The molecule has 1 aromatic rings. The molecule has 0 spiro atoms. The van der Waals surface area contributed by atoms with Crippen LogP contribution in [0.1, 0.15) is 37.7 Å². The first-order chi connectivity index (χ1) is 12.2. The van der Waals surface area contributed by atoms with Gasteiger partial charge in [-0.05, 0) is 30.9 Å². The van der Waals surface area contributed by atoms with Crippen LogP contribution < -0.4 is 15.4 Å². The number of esters is 1. The Labute approximate surface area is 174 Å². The third-order valence-electron chi connectivity index (χ3n) is 3.93. The smallest absolute Gasteiger partial charge is 0.305 e. The van der Waals surface area contributed by atoms with Crippen LogP contribution in [-0.2, 0) is 16.0 Å². The van der Waals surface area contributed by atoms with Gasteiger partial charge < -0.3 is 20.1 Å². The van der Waals surface area contributed by atoms with Gasteiger partial charge in [-0.1, -0.05) is 31.0 Å². The molecule has 0 fully saturated rings. The molecule has 0 radical (unpaired) electrons. The number of carbonyl (C=O) groups excluding carboxylic acids is 1. The number of nitrogens with one attached hydrogen (secondary N) is 2. The summed E-state index contributed by atoms with van der Waals surface area (Å²) in [4.78, 5) is 15.2. The number of guanidine groups is 1. The van der Waals surface area contributed by atoms with E-state index in [0.29, 0.717) is 6.42 Å². The Morgan fingerprint density at radius 1 is 1.04 bits per heavy atom. The zero-order valence-electron chi connectivity index (χ0n) is 16.0. The molecule has 0 aliphatic carbocycles. The molecule has 0 aliphatic heterocycles. The van der Waals surface area contributed by atoms with Crippen LogP contribution in [0.15, 0.2) is 29.3 Å². The SMILES string of the molecule is CN=C(NCCCCCCC(=O)OC)NCCc1ccccc1OC.I. The fraction of sp³-hybridized carbons (Fsp3) is 0.579. The minimum Gasteiger partial charge on any atom is -0.496 e. The van der Waals surface area contributed by atoms with Crippen molar-refractivity contribution in [3.63, 3.8) is 0 Å². The van der Waals surface area contributed by atoms with Crippen molar-refractivity contribution in [2.24, 2.45) is 4.99 Å². The van der Waals surface area contributed by atoms with E-state index in [2.05, 4.69) is 26.4 Å². The number of rotatable bonds is 11. The van der Waals surface area contributed by atoms with Crippen molar-refractivity contribution < 1.29 is 14.3 Å². The first kappa shape index (κ1) is 24.5. The Morgan fingerprint density at radius 3 is 2.42 bits per heavy atom. The van der Waals surface area contributed by atoms with Crippen molar-refractivity contribution in [3.8, 4) is 5.75 Å². The van der Waals surface area contributed by atoms with Gasteiger partial charge in [-0.25, -0.2) is 0 Å². The van der Waals surface area contributed by atoms with Crippen molar-refractivity contribution in [2.75, 3.05) is 34.4 Å². The maximum atomic E-state index is 11.0. The Morgan fingerprint density at radius 2 is 1.73 bits per heavy atom. The Balaban J connectivity index is 0.00000625. The number of methoxy groups -OCH3 is 2. The average molecular weight is 477 g/mol. The number of aliphatic imine (C=N–C) groups is 1. The van der Waals surface area contributed by atoms with E-state index >= 15 is 0 Å². The number of hydrogen-bond donors (Lipinski definition) is 2. The third-order valence-corrected chi connectivity index (χ3v) is 3.93. The molecule has 0 unspecified atom stereocenters. The van der Waals surface area contributed by atoms with Crippen LogP contribution in [-0.4, -0.2) is 46.3 Å². The number of carbonyl (C=O) groups is 1. The van der Waals surface area contributed by atoms with Crippen LogP contribution in [0, 0.1) is 0 Å². The second kappa shape index (κ2) is 15.7. The first-order valence-corrected chi connectivity index (χ1v) is 8.84. The minimum absolute atomic E-state index is 0. The van der Waals surface area contributed by atoms with Gasteiger partial charge in [0, 0.05) is 26.6 Å². The summed E-state index contributed by atoms with van der Waals surface area (Å²) < 4.78 is 9.98. The van der Waals surface area contributed by atoms with E-state index in [1.807, 2.05) is 18.2 Å². The zero-order valence-corrected chi connectivity index (χ0v) is 18.4. The molecule has 7 heteroatoms. The van der Waals surface area contributed by atoms with Crippen molar-refractivity contribution in [1.82, 2.24) is 10.6 Å². The highest BCUT2D eigenvalue weighted by Crippen LogP contribution is 2.17. The molecule has 0 saturated heterocycles. The molecule has 6 nitrogen and oxygen atoms in total. The van der Waals surface area contributed by atoms with Gasteiger partial charge in [0.25, 0.3) is 0 Å². The second-order valence-electron chi connectivity index (χ2n) is 5.73. The zero-order chi connectivity index (χ0) is 18.3. The summed E-state index contributed by atoms with van der Waals surface area (Å²) >= 11 is 0. The lowest BCUT2D eigenvalue weighted by Gasteiger charge is -2.13. The normalized spacial score (nSPS) is 10.7. The van der Waals surface area contributed by atoms with Crippen molar-refractivity contribution in [2.45, 2.75) is 38.5 Å². The van der Waals surface area contributed by atoms with E-state index < -0.39 is 0 Å². The largest absolute Gasteiger partial charge is 0.496 e. The maximum Gasteiger partial charge on any atom is 0.305 e. The van der Waals surface area contributed by atoms with Crippen LogP contribution in [0.25, 0.3) is 0 Å². The lowest BCUT2D eigenvalue weighted by atomic mass is 10.1. The number of ether oxygens (including phenoxy) is 2. The number of halogens is 1. The van der Waals surface area contributed by atoms with Gasteiger partial charge >= 0.3 is 5.97 Å². The highest BCUT2D eigenvalue weighted by atomic mass is 127. The minimum atomic E-state index is -0.127. The molecule has 0 aromatic heterocycles. The fourth-order valence-corrected chi connectivity index (χ4v) is 2.50. The molecule has 2 N–H and O–H groups in total. The molecule has 148 valence electrons. The second-order valence-corrected chi connectivity index (χ2v) is 5.73. The van der Waals surface area contributed by atoms with Gasteiger partial charge in [-0.3, -0.25) is 9.79 Å². The van der Waals surface area contributed by atoms with E-state index in [0.717, 1.165) is 56.9 Å². The van der Waals surface area contributed by atoms with Crippen LogP contribution in [0.4, 0.5) is 0 Å². The monoisotopic (exact) mass is 477 g/mol. The third kappa shape index (κ3) is 10.5. The summed E-state index contributed by atoms with van der Waals surface area (Å²) in [5.41, 5.74) is 1.18.